The largest absolute Gasteiger partial charge is 0.130 e. The Labute approximate surface area is 140 Å². The smallest absolute Gasteiger partial charge is 0.00693 e. The zero-order chi connectivity index (χ0) is 16.4. The third kappa shape index (κ3) is 4.16. The second-order valence-electron chi connectivity index (χ2n) is 7.74. The highest BCUT2D eigenvalue weighted by molar-refractivity contribution is 7.98. The summed E-state index contributed by atoms with van der Waals surface area (Å²) in [5.41, 5.74) is 4.60. The molecule has 0 saturated heterocycles. The average molecular weight is 313 g/mol. The first-order valence-electron chi connectivity index (χ1n) is 7.96. The minimum absolute atomic E-state index is 0.146. The van der Waals surface area contributed by atoms with E-state index in [-0.39, 0.29) is 10.8 Å². The Bertz CT molecular complexity index is 615. The number of benzene rings is 2. The molecule has 0 nitrogen and oxygen atoms in total. The van der Waals surface area contributed by atoms with Gasteiger partial charge in [0.2, 0.25) is 0 Å². The number of rotatable bonds is 4. The van der Waals surface area contributed by atoms with Gasteiger partial charge in [0.05, 0.1) is 0 Å². The van der Waals surface area contributed by atoms with Gasteiger partial charge in [0.25, 0.3) is 0 Å². The summed E-state index contributed by atoms with van der Waals surface area (Å²) < 4.78 is 0. The molecule has 0 aliphatic carbocycles. The van der Waals surface area contributed by atoms with Gasteiger partial charge in [-0.05, 0) is 52.3 Å². The topological polar surface area (TPSA) is 0 Å². The van der Waals surface area contributed by atoms with Gasteiger partial charge in [-0.1, -0.05) is 71.0 Å². The molecule has 0 aromatic heterocycles. The summed E-state index contributed by atoms with van der Waals surface area (Å²) in [6, 6.07) is 18.1. The Balaban J connectivity index is 2.24. The van der Waals surface area contributed by atoms with Crippen LogP contribution in [0.25, 0.3) is 0 Å². The summed E-state index contributed by atoms with van der Waals surface area (Å²) in [5.74, 6) is 0. The van der Waals surface area contributed by atoms with Crippen LogP contribution < -0.4 is 0 Å². The van der Waals surface area contributed by atoms with Crippen molar-refractivity contribution in [2.24, 2.45) is 0 Å². The van der Waals surface area contributed by atoms with Crippen LogP contribution in [-0.2, 0) is 17.3 Å². The lowest BCUT2D eigenvalue weighted by atomic mass is 9.78. The third-order valence-electron chi connectivity index (χ3n) is 4.31. The van der Waals surface area contributed by atoms with E-state index in [4.69, 9.17) is 0 Å². The van der Waals surface area contributed by atoms with Crippen molar-refractivity contribution in [3.05, 3.63) is 65.2 Å². The van der Waals surface area contributed by atoms with E-state index in [1.54, 1.807) is 11.8 Å². The van der Waals surface area contributed by atoms with E-state index < -0.39 is 0 Å². The first-order valence-corrected chi connectivity index (χ1v) is 9.19. The molecule has 22 heavy (non-hydrogen) atoms. The summed E-state index contributed by atoms with van der Waals surface area (Å²) in [6.45, 7) is 11.5. The number of hydrogen-bond acceptors (Lipinski definition) is 1. The molecule has 118 valence electrons. The Morgan fingerprint density at radius 3 is 2.00 bits per heavy atom. The van der Waals surface area contributed by atoms with E-state index in [2.05, 4.69) is 89.4 Å². The van der Waals surface area contributed by atoms with Gasteiger partial charge in [-0.15, -0.1) is 11.8 Å². The van der Waals surface area contributed by atoms with Crippen molar-refractivity contribution in [3.8, 4) is 0 Å². The highest BCUT2D eigenvalue weighted by atomic mass is 32.2. The fourth-order valence-corrected chi connectivity index (χ4v) is 3.21. The highest BCUT2D eigenvalue weighted by Crippen LogP contribution is 2.31. The Morgan fingerprint density at radius 1 is 0.818 bits per heavy atom. The average Bonchev–Trinajstić information content (AvgIpc) is 2.46. The van der Waals surface area contributed by atoms with E-state index in [1.807, 2.05) is 0 Å². The SMILES string of the molecule is CSc1ccc(C(C)(C)Cc2cccc(C(C)(C)C)c2)cc1. The lowest BCUT2D eigenvalue weighted by Gasteiger charge is -2.27. The van der Waals surface area contributed by atoms with E-state index >= 15 is 0 Å². The molecule has 0 unspecified atom stereocenters. The summed E-state index contributed by atoms with van der Waals surface area (Å²) in [5, 5.41) is 0. The fourth-order valence-electron chi connectivity index (χ4n) is 2.80. The summed E-state index contributed by atoms with van der Waals surface area (Å²) in [6.07, 6.45) is 3.19. The van der Waals surface area contributed by atoms with Gasteiger partial charge in [-0.25, -0.2) is 0 Å². The normalized spacial score (nSPS) is 12.5. The Morgan fingerprint density at radius 2 is 1.45 bits per heavy atom. The molecule has 0 aliphatic rings. The Kier molecular flexibility index (Phi) is 5.07. The maximum atomic E-state index is 2.37. The molecule has 0 heterocycles. The van der Waals surface area contributed by atoms with Crippen molar-refractivity contribution in [3.63, 3.8) is 0 Å². The van der Waals surface area contributed by atoms with Crippen molar-refractivity contribution >= 4 is 11.8 Å². The first kappa shape index (κ1) is 17.1. The van der Waals surface area contributed by atoms with Crippen LogP contribution in [0.4, 0.5) is 0 Å². The predicted octanol–water partition coefficient (Wildman–Crippen LogP) is 6.23. The molecule has 0 amide bonds. The monoisotopic (exact) mass is 312 g/mol. The van der Waals surface area contributed by atoms with Crippen LogP contribution in [-0.4, -0.2) is 6.26 Å². The molecule has 0 bridgehead atoms. The Hall–Kier alpha value is -1.21. The minimum atomic E-state index is 0.146. The molecule has 2 aromatic rings. The molecule has 0 N–H and O–H groups in total. The lowest BCUT2D eigenvalue weighted by Crippen LogP contribution is -2.21. The molecule has 2 rings (SSSR count). The fraction of sp³-hybridized carbons (Fsp3) is 0.429. The van der Waals surface area contributed by atoms with Gasteiger partial charge >= 0.3 is 0 Å². The van der Waals surface area contributed by atoms with Crippen LogP contribution >= 0.6 is 11.8 Å². The van der Waals surface area contributed by atoms with Crippen LogP contribution in [0, 0.1) is 0 Å². The van der Waals surface area contributed by atoms with E-state index in [1.165, 1.54) is 21.6 Å². The molecule has 2 aromatic carbocycles. The van der Waals surface area contributed by atoms with Crippen LogP contribution in [0.2, 0.25) is 0 Å². The zero-order valence-corrected chi connectivity index (χ0v) is 15.6. The molecule has 0 radical (unpaired) electrons. The van der Waals surface area contributed by atoms with Crippen LogP contribution in [0.15, 0.2) is 53.4 Å². The molecule has 0 fully saturated rings. The molecule has 0 spiro atoms. The highest BCUT2D eigenvalue weighted by Gasteiger charge is 2.22. The lowest BCUT2D eigenvalue weighted by molar-refractivity contribution is 0.519. The molecule has 0 atom stereocenters. The molecule has 0 saturated carbocycles. The van der Waals surface area contributed by atoms with E-state index in [0.29, 0.717) is 0 Å². The standard InChI is InChI=1S/C21H28S/c1-20(2,3)18-9-7-8-16(14-18)15-21(4,5)17-10-12-19(22-6)13-11-17/h7-14H,15H2,1-6H3. The molecular formula is C21H28S. The molecule has 0 aliphatic heterocycles. The van der Waals surface area contributed by atoms with Gasteiger partial charge < -0.3 is 0 Å². The van der Waals surface area contributed by atoms with E-state index in [0.717, 1.165) is 6.42 Å². The van der Waals surface area contributed by atoms with Gasteiger partial charge in [0.1, 0.15) is 0 Å². The molecule has 1 heteroatoms. The number of thioether (sulfide) groups is 1. The second kappa shape index (κ2) is 6.50. The van der Waals surface area contributed by atoms with Crippen LogP contribution in [0.1, 0.15) is 51.3 Å². The minimum Gasteiger partial charge on any atom is -0.130 e. The van der Waals surface area contributed by atoms with Gasteiger partial charge in [-0.3, -0.25) is 0 Å². The summed E-state index contributed by atoms with van der Waals surface area (Å²) >= 11 is 1.80. The maximum absolute atomic E-state index is 2.37. The van der Waals surface area contributed by atoms with Gasteiger partial charge in [0, 0.05) is 4.90 Å². The van der Waals surface area contributed by atoms with E-state index in [9.17, 15) is 0 Å². The predicted molar refractivity (Wildman–Crippen MR) is 100 cm³/mol. The van der Waals surface area contributed by atoms with Crippen LogP contribution in [0.5, 0.6) is 0 Å². The quantitative estimate of drug-likeness (QED) is 0.603. The van der Waals surface area contributed by atoms with Crippen molar-refractivity contribution in [1.82, 2.24) is 0 Å². The zero-order valence-electron chi connectivity index (χ0n) is 14.7. The van der Waals surface area contributed by atoms with Gasteiger partial charge in [0.15, 0.2) is 0 Å². The van der Waals surface area contributed by atoms with Crippen molar-refractivity contribution < 1.29 is 0 Å². The van der Waals surface area contributed by atoms with Crippen molar-refractivity contribution in [2.45, 2.75) is 56.8 Å². The summed E-state index contributed by atoms with van der Waals surface area (Å²) in [4.78, 5) is 1.33. The number of hydrogen-bond donors (Lipinski definition) is 0. The molecular weight excluding hydrogens is 284 g/mol. The van der Waals surface area contributed by atoms with Crippen molar-refractivity contribution in [2.75, 3.05) is 6.26 Å². The summed E-state index contributed by atoms with van der Waals surface area (Å²) in [7, 11) is 0. The first-order chi connectivity index (χ1) is 10.2. The van der Waals surface area contributed by atoms with Crippen LogP contribution in [0.3, 0.4) is 0 Å². The van der Waals surface area contributed by atoms with Crippen molar-refractivity contribution in [1.29, 1.82) is 0 Å². The maximum Gasteiger partial charge on any atom is 0.00693 e. The third-order valence-corrected chi connectivity index (χ3v) is 5.05. The second-order valence-corrected chi connectivity index (χ2v) is 8.62. The van der Waals surface area contributed by atoms with Gasteiger partial charge in [-0.2, -0.15) is 0 Å².